The number of methoxy groups -OCH3 is 1. The Morgan fingerprint density at radius 3 is 2.65 bits per heavy atom. The first kappa shape index (κ1) is 14.2. The van der Waals surface area contributed by atoms with Crippen LogP contribution in [0.25, 0.3) is 0 Å². The minimum Gasteiger partial charge on any atom is -0.372 e. The molecular weight excluding hydrogens is 282 g/mol. The number of hydrogen-bond donors (Lipinski definition) is 1. The van der Waals surface area contributed by atoms with Gasteiger partial charge in [0.2, 0.25) is 5.91 Å². The summed E-state index contributed by atoms with van der Waals surface area (Å²) >= 11 is 3.50. The zero-order valence-electron chi connectivity index (χ0n) is 10.4. The van der Waals surface area contributed by atoms with E-state index in [4.69, 9.17) is 4.74 Å². The van der Waals surface area contributed by atoms with Gasteiger partial charge in [0.25, 0.3) is 0 Å². The van der Waals surface area contributed by atoms with Gasteiger partial charge < -0.3 is 10.1 Å². The van der Waals surface area contributed by atoms with E-state index >= 15 is 0 Å². The van der Waals surface area contributed by atoms with Gasteiger partial charge in [0, 0.05) is 11.6 Å². The predicted molar refractivity (Wildman–Crippen MR) is 71.8 cm³/mol. The third-order valence-electron chi connectivity index (χ3n) is 2.73. The largest absolute Gasteiger partial charge is 0.372 e. The van der Waals surface area contributed by atoms with Crippen molar-refractivity contribution < 1.29 is 9.53 Å². The molecule has 0 spiro atoms. The molecule has 0 aliphatic heterocycles. The van der Waals surface area contributed by atoms with E-state index in [0.29, 0.717) is 0 Å². The fraction of sp³-hybridized carbons (Fsp3) is 0.462. The maximum atomic E-state index is 11.8. The van der Waals surface area contributed by atoms with Crippen molar-refractivity contribution in [3.8, 4) is 0 Å². The molecule has 4 heteroatoms. The van der Waals surface area contributed by atoms with E-state index in [9.17, 15) is 4.79 Å². The van der Waals surface area contributed by atoms with Gasteiger partial charge in [-0.05, 0) is 25.0 Å². The van der Waals surface area contributed by atoms with Crippen LogP contribution in [-0.2, 0) is 9.53 Å². The fourth-order valence-electron chi connectivity index (χ4n) is 1.55. The van der Waals surface area contributed by atoms with Crippen molar-refractivity contribution in [1.29, 1.82) is 0 Å². The van der Waals surface area contributed by atoms with Crippen LogP contribution >= 0.6 is 15.9 Å². The average Bonchev–Trinajstić information content (AvgIpc) is 2.35. The third-order valence-corrected chi connectivity index (χ3v) is 3.45. The molecule has 0 aliphatic rings. The van der Waals surface area contributed by atoms with Gasteiger partial charge in [-0.15, -0.1) is 0 Å². The summed E-state index contributed by atoms with van der Waals surface area (Å²) in [5.74, 6) is -0.0879. The highest BCUT2D eigenvalue weighted by Gasteiger charge is 2.18. The van der Waals surface area contributed by atoms with Crippen LogP contribution in [0, 0.1) is 0 Å². The summed E-state index contributed by atoms with van der Waals surface area (Å²) < 4.78 is 6.01. The minimum absolute atomic E-state index is 0.00988. The molecule has 0 aliphatic carbocycles. The fourth-order valence-corrected chi connectivity index (χ4v) is 2.11. The standard InChI is InChI=1S/C13H18BrNO2/c1-4-12(15-13(16)9(2)17-3)10-7-5-6-8-11(10)14/h5-9,12H,4H2,1-3H3,(H,15,16)/t9-,12+/m1/s1. The van der Waals surface area contributed by atoms with Gasteiger partial charge in [0.05, 0.1) is 6.04 Å². The van der Waals surface area contributed by atoms with Crippen molar-refractivity contribution in [2.75, 3.05) is 7.11 Å². The molecule has 17 heavy (non-hydrogen) atoms. The lowest BCUT2D eigenvalue weighted by molar-refractivity contribution is -0.130. The molecule has 0 saturated heterocycles. The highest BCUT2D eigenvalue weighted by Crippen LogP contribution is 2.25. The Morgan fingerprint density at radius 2 is 2.12 bits per heavy atom. The molecule has 0 saturated carbocycles. The lowest BCUT2D eigenvalue weighted by atomic mass is 10.0. The molecule has 1 N–H and O–H groups in total. The van der Waals surface area contributed by atoms with Gasteiger partial charge in [0.15, 0.2) is 0 Å². The maximum absolute atomic E-state index is 11.8. The molecule has 0 radical (unpaired) electrons. The lowest BCUT2D eigenvalue weighted by Crippen LogP contribution is -2.36. The van der Waals surface area contributed by atoms with Crippen LogP contribution in [0.1, 0.15) is 31.9 Å². The molecule has 1 aromatic carbocycles. The number of rotatable bonds is 5. The SMILES string of the molecule is CC[C@H](NC(=O)[C@@H](C)OC)c1ccccc1Br. The minimum atomic E-state index is -0.425. The molecule has 0 unspecified atom stereocenters. The number of ether oxygens (including phenoxy) is 1. The van der Waals surface area contributed by atoms with E-state index in [1.54, 1.807) is 6.92 Å². The second kappa shape index (κ2) is 6.77. The molecule has 0 bridgehead atoms. The van der Waals surface area contributed by atoms with Crippen LogP contribution in [0.5, 0.6) is 0 Å². The molecular formula is C13H18BrNO2. The summed E-state index contributed by atoms with van der Waals surface area (Å²) in [6.07, 6.45) is 0.414. The van der Waals surface area contributed by atoms with Crippen LogP contribution in [-0.4, -0.2) is 19.1 Å². The number of hydrogen-bond acceptors (Lipinski definition) is 2. The van der Waals surface area contributed by atoms with E-state index in [-0.39, 0.29) is 11.9 Å². The topological polar surface area (TPSA) is 38.3 Å². The second-order valence-corrected chi connectivity index (χ2v) is 4.72. The molecule has 0 heterocycles. The molecule has 94 valence electrons. The van der Waals surface area contributed by atoms with Gasteiger partial charge in [-0.1, -0.05) is 41.1 Å². The molecule has 0 aromatic heterocycles. The van der Waals surface area contributed by atoms with Crippen molar-refractivity contribution in [1.82, 2.24) is 5.32 Å². The molecule has 0 fully saturated rings. The second-order valence-electron chi connectivity index (χ2n) is 3.87. The Balaban J connectivity index is 2.79. The number of halogens is 1. The first-order valence-electron chi connectivity index (χ1n) is 5.67. The summed E-state index contributed by atoms with van der Waals surface area (Å²) in [7, 11) is 1.53. The Bertz CT molecular complexity index is 381. The van der Waals surface area contributed by atoms with Gasteiger partial charge in [-0.25, -0.2) is 0 Å². The van der Waals surface area contributed by atoms with E-state index < -0.39 is 6.10 Å². The summed E-state index contributed by atoms with van der Waals surface area (Å²) in [6, 6.07) is 7.92. The van der Waals surface area contributed by atoms with Crippen molar-refractivity contribution in [2.24, 2.45) is 0 Å². The van der Waals surface area contributed by atoms with Crippen LogP contribution in [0.4, 0.5) is 0 Å². The Hall–Kier alpha value is -0.870. The third kappa shape index (κ3) is 3.82. The lowest BCUT2D eigenvalue weighted by Gasteiger charge is -2.20. The first-order chi connectivity index (χ1) is 8.10. The normalized spacial score (nSPS) is 14.1. The van der Waals surface area contributed by atoms with Gasteiger partial charge in [-0.2, -0.15) is 0 Å². The summed E-state index contributed by atoms with van der Waals surface area (Å²) in [6.45, 7) is 3.78. The van der Waals surface area contributed by atoms with Gasteiger partial charge in [0.1, 0.15) is 6.10 Å². The highest BCUT2D eigenvalue weighted by molar-refractivity contribution is 9.10. The summed E-state index contributed by atoms with van der Waals surface area (Å²) in [4.78, 5) is 11.8. The van der Waals surface area contributed by atoms with E-state index in [2.05, 4.69) is 21.2 Å². The number of nitrogens with one attached hydrogen (secondary N) is 1. The zero-order valence-corrected chi connectivity index (χ0v) is 12.0. The zero-order chi connectivity index (χ0) is 12.8. The monoisotopic (exact) mass is 299 g/mol. The predicted octanol–water partition coefficient (Wildman–Crippen LogP) is 3.05. The van der Waals surface area contributed by atoms with Gasteiger partial charge in [-0.3, -0.25) is 4.79 Å². The molecule has 1 rings (SSSR count). The highest BCUT2D eigenvalue weighted by atomic mass is 79.9. The molecule has 1 aromatic rings. The number of carbonyl (C=O) groups is 1. The van der Waals surface area contributed by atoms with E-state index in [1.807, 2.05) is 31.2 Å². The molecule has 3 nitrogen and oxygen atoms in total. The van der Waals surface area contributed by atoms with Crippen LogP contribution < -0.4 is 5.32 Å². The average molecular weight is 300 g/mol. The van der Waals surface area contributed by atoms with Crippen LogP contribution in [0.2, 0.25) is 0 Å². The summed E-state index contributed by atoms with van der Waals surface area (Å²) in [5.41, 5.74) is 1.09. The number of benzene rings is 1. The quantitative estimate of drug-likeness (QED) is 0.907. The van der Waals surface area contributed by atoms with Crippen LogP contribution in [0.15, 0.2) is 28.7 Å². The van der Waals surface area contributed by atoms with Crippen molar-refractivity contribution in [2.45, 2.75) is 32.4 Å². The Kier molecular flexibility index (Phi) is 5.65. The summed E-state index contributed by atoms with van der Waals surface area (Å²) in [5, 5.41) is 2.98. The smallest absolute Gasteiger partial charge is 0.249 e. The van der Waals surface area contributed by atoms with Crippen molar-refractivity contribution in [3.63, 3.8) is 0 Å². The van der Waals surface area contributed by atoms with E-state index in [1.165, 1.54) is 7.11 Å². The Morgan fingerprint density at radius 1 is 1.47 bits per heavy atom. The number of amides is 1. The molecule has 2 atom stereocenters. The van der Waals surface area contributed by atoms with E-state index in [0.717, 1.165) is 16.5 Å². The molecule has 1 amide bonds. The Labute approximate surface area is 111 Å². The van der Waals surface area contributed by atoms with Crippen LogP contribution in [0.3, 0.4) is 0 Å². The number of carbonyl (C=O) groups excluding carboxylic acids is 1. The van der Waals surface area contributed by atoms with Crippen molar-refractivity contribution >= 4 is 21.8 Å². The van der Waals surface area contributed by atoms with Gasteiger partial charge >= 0.3 is 0 Å². The van der Waals surface area contributed by atoms with Crippen molar-refractivity contribution in [3.05, 3.63) is 34.3 Å². The first-order valence-corrected chi connectivity index (χ1v) is 6.47. The maximum Gasteiger partial charge on any atom is 0.249 e.